The molecule has 0 saturated heterocycles. The summed E-state index contributed by atoms with van der Waals surface area (Å²) < 4.78 is 0. The maximum atomic E-state index is 6.10. The maximum absolute atomic E-state index is 6.10. The van der Waals surface area contributed by atoms with Gasteiger partial charge in [-0.1, -0.05) is 31.2 Å². The minimum Gasteiger partial charge on any atom is -0.329 e. The van der Waals surface area contributed by atoms with Crippen LogP contribution in [-0.2, 0) is 0 Å². The van der Waals surface area contributed by atoms with Gasteiger partial charge in [0.15, 0.2) is 0 Å². The Morgan fingerprint density at radius 1 is 1.26 bits per heavy atom. The summed E-state index contributed by atoms with van der Waals surface area (Å²) >= 11 is 0. The van der Waals surface area contributed by atoms with Crippen molar-refractivity contribution >= 4 is 0 Å². The summed E-state index contributed by atoms with van der Waals surface area (Å²) in [5.74, 6) is 0.832. The third-order valence-corrected chi connectivity index (χ3v) is 4.47. The Bertz CT molecular complexity index is 421. The number of nitrogens with zero attached hydrogens (tertiary/aromatic N) is 1. The van der Waals surface area contributed by atoms with Crippen LogP contribution < -0.4 is 5.73 Å². The molecule has 2 heteroatoms. The van der Waals surface area contributed by atoms with Crippen LogP contribution in [0.4, 0.5) is 0 Å². The summed E-state index contributed by atoms with van der Waals surface area (Å²) in [6.45, 7) is 4.19. The van der Waals surface area contributed by atoms with Crippen LogP contribution in [0.1, 0.15) is 62.1 Å². The van der Waals surface area contributed by atoms with E-state index < -0.39 is 0 Å². The van der Waals surface area contributed by atoms with Gasteiger partial charge in [-0.15, -0.1) is 0 Å². The Morgan fingerprint density at radius 2 is 2.05 bits per heavy atom. The standard InChI is InChI=1S/C17H26N2/c1-2-10-19(16-8-9-16)17(12-18)15-5-3-4-14(11-15)13-6-7-13/h3-5,11,13,16-17H,2,6-10,12,18H2,1H3. The fraction of sp³-hybridized carbons (Fsp3) is 0.647. The van der Waals surface area contributed by atoms with E-state index >= 15 is 0 Å². The van der Waals surface area contributed by atoms with E-state index in [1.807, 2.05) is 0 Å². The molecule has 104 valence electrons. The third-order valence-electron chi connectivity index (χ3n) is 4.47. The predicted molar refractivity (Wildman–Crippen MR) is 80.2 cm³/mol. The van der Waals surface area contributed by atoms with E-state index in [4.69, 9.17) is 5.73 Å². The lowest BCUT2D eigenvalue weighted by atomic mass is 10.00. The Balaban J connectivity index is 1.81. The van der Waals surface area contributed by atoms with Crippen LogP contribution in [0.3, 0.4) is 0 Å². The number of nitrogens with two attached hydrogens (primary N) is 1. The third kappa shape index (κ3) is 3.01. The molecule has 2 fully saturated rings. The Hall–Kier alpha value is -0.860. The molecule has 0 amide bonds. The molecule has 0 aromatic heterocycles. The molecule has 0 radical (unpaired) electrons. The first-order chi connectivity index (χ1) is 9.33. The van der Waals surface area contributed by atoms with Crippen LogP contribution in [-0.4, -0.2) is 24.0 Å². The molecule has 1 aromatic carbocycles. The minimum atomic E-state index is 0.422. The predicted octanol–water partition coefficient (Wildman–Crippen LogP) is 3.44. The van der Waals surface area contributed by atoms with Crippen molar-refractivity contribution in [3.8, 4) is 0 Å². The van der Waals surface area contributed by atoms with Crippen LogP contribution >= 0.6 is 0 Å². The lowest BCUT2D eigenvalue weighted by Crippen LogP contribution is -2.36. The largest absolute Gasteiger partial charge is 0.329 e. The zero-order valence-corrected chi connectivity index (χ0v) is 12.0. The smallest absolute Gasteiger partial charge is 0.0473 e. The Morgan fingerprint density at radius 3 is 2.63 bits per heavy atom. The molecule has 0 aliphatic heterocycles. The number of rotatable bonds is 7. The lowest BCUT2D eigenvalue weighted by Gasteiger charge is -2.31. The van der Waals surface area contributed by atoms with Crippen LogP contribution in [0, 0.1) is 0 Å². The summed E-state index contributed by atoms with van der Waals surface area (Å²) in [6, 6.07) is 10.4. The first-order valence-corrected chi connectivity index (χ1v) is 7.89. The Labute approximate surface area is 117 Å². The monoisotopic (exact) mass is 258 g/mol. The molecule has 19 heavy (non-hydrogen) atoms. The minimum absolute atomic E-state index is 0.422. The molecule has 2 aliphatic carbocycles. The van der Waals surface area contributed by atoms with Gasteiger partial charge in [0, 0.05) is 18.6 Å². The van der Waals surface area contributed by atoms with E-state index in [1.54, 1.807) is 0 Å². The van der Waals surface area contributed by atoms with E-state index in [2.05, 4.69) is 36.1 Å². The highest BCUT2D eigenvalue weighted by Crippen LogP contribution is 2.41. The highest BCUT2D eigenvalue weighted by molar-refractivity contribution is 5.31. The van der Waals surface area contributed by atoms with E-state index in [-0.39, 0.29) is 0 Å². The Kier molecular flexibility index (Phi) is 3.90. The lowest BCUT2D eigenvalue weighted by molar-refractivity contribution is 0.191. The molecule has 3 rings (SSSR count). The van der Waals surface area contributed by atoms with Crippen molar-refractivity contribution in [1.82, 2.24) is 4.90 Å². The molecule has 2 nitrogen and oxygen atoms in total. The molecular weight excluding hydrogens is 232 g/mol. The molecule has 1 unspecified atom stereocenters. The second kappa shape index (κ2) is 5.64. The van der Waals surface area contributed by atoms with E-state index in [1.165, 1.54) is 49.8 Å². The highest BCUT2D eigenvalue weighted by atomic mass is 15.2. The summed E-state index contributed by atoms with van der Waals surface area (Å²) in [6.07, 6.45) is 6.68. The van der Waals surface area contributed by atoms with Crippen molar-refractivity contribution in [3.05, 3.63) is 35.4 Å². The van der Waals surface area contributed by atoms with Crippen LogP contribution in [0.5, 0.6) is 0 Å². The number of hydrogen-bond donors (Lipinski definition) is 1. The summed E-state index contributed by atoms with van der Waals surface area (Å²) in [7, 11) is 0. The first kappa shape index (κ1) is 13.1. The van der Waals surface area contributed by atoms with Crippen molar-refractivity contribution < 1.29 is 0 Å². The zero-order chi connectivity index (χ0) is 13.2. The average Bonchev–Trinajstić information content (AvgIpc) is 3.32. The van der Waals surface area contributed by atoms with E-state index in [0.29, 0.717) is 6.04 Å². The van der Waals surface area contributed by atoms with Gasteiger partial charge >= 0.3 is 0 Å². The molecule has 0 heterocycles. The van der Waals surface area contributed by atoms with Gasteiger partial charge in [0.1, 0.15) is 0 Å². The van der Waals surface area contributed by atoms with Gasteiger partial charge in [0.25, 0.3) is 0 Å². The van der Waals surface area contributed by atoms with Gasteiger partial charge < -0.3 is 5.73 Å². The van der Waals surface area contributed by atoms with Gasteiger partial charge in [-0.2, -0.15) is 0 Å². The van der Waals surface area contributed by atoms with Crippen LogP contribution in [0.15, 0.2) is 24.3 Å². The van der Waals surface area contributed by atoms with Crippen molar-refractivity contribution in [2.45, 2.75) is 57.0 Å². The van der Waals surface area contributed by atoms with Crippen molar-refractivity contribution in [2.24, 2.45) is 5.73 Å². The second-order valence-corrected chi connectivity index (χ2v) is 6.16. The SMILES string of the molecule is CCCN(C1CC1)C(CN)c1cccc(C2CC2)c1. The van der Waals surface area contributed by atoms with Crippen molar-refractivity contribution in [1.29, 1.82) is 0 Å². The zero-order valence-electron chi connectivity index (χ0n) is 12.0. The van der Waals surface area contributed by atoms with E-state index in [0.717, 1.165) is 18.5 Å². The summed E-state index contributed by atoms with van der Waals surface area (Å²) in [5.41, 5.74) is 9.07. The van der Waals surface area contributed by atoms with Gasteiger partial charge in [0.05, 0.1) is 0 Å². The molecule has 2 saturated carbocycles. The molecule has 0 bridgehead atoms. The van der Waals surface area contributed by atoms with Gasteiger partial charge in [-0.05, 0) is 55.7 Å². The molecular formula is C17H26N2. The highest BCUT2D eigenvalue weighted by Gasteiger charge is 2.33. The van der Waals surface area contributed by atoms with Gasteiger partial charge in [-0.3, -0.25) is 4.90 Å². The van der Waals surface area contributed by atoms with Gasteiger partial charge in [-0.25, -0.2) is 0 Å². The van der Waals surface area contributed by atoms with Crippen LogP contribution in [0.25, 0.3) is 0 Å². The van der Waals surface area contributed by atoms with Crippen LogP contribution in [0.2, 0.25) is 0 Å². The topological polar surface area (TPSA) is 29.3 Å². The fourth-order valence-corrected chi connectivity index (χ4v) is 3.16. The molecule has 1 atom stereocenters. The molecule has 2 aliphatic rings. The first-order valence-electron chi connectivity index (χ1n) is 7.89. The van der Waals surface area contributed by atoms with Crippen molar-refractivity contribution in [3.63, 3.8) is 0 Å². The van der Waals surface area contributed by atoms with Gasteiger partial charge in [0.2, 0.25) is 0 Å². The average molecular weight is 258 g/mol. The quantitative estimate of drug-likeness (QED) is 0.812. The molecule has 0 spiro atoms. The fourth-order valence-electron chi connectivity index (χ4n) is 3.16. The molecule has 1 aromatic rings. The molecule has 2 N–H and O–H groups in total. The summed E-state index contributed by atoms with van der Waals surface area (Å²) in [4.78, 5) is 2.64. The maximum Gasteiger partial charge on any atom is 0.0473 e. The summed E-state index contributed by atoms with van der Waals surface area (Å²) in [5, 5.41) is 0. The van der Waals surface area contributed by atoms with Crippen molar-refractivity contribution in [2.75, 3.05) is 13.1 Å². The van der Waals surface area contributed by atoms with E-state index in [9.17, 15) is 0 Å². The number of benzene rings is 1. The second-order valence-electron chi connectivity index (χ2n) is 6.16. The number of hydrogen-bond acceptors (Lipinski definition) is 2. The normalized spacial score (nSPS) is 20.8.